The van der Waals surface area contributed by atoms with Crippen LogP contribution in [0, 0.1) is 0 Å². The Morgan fingerprint density at radius 3 is 3.09 bits per heavy atom. The fourth-order valence-electron chi connectivity index (χ4n) is 0.853. The highest BCUT2D eigenvalue weighted by Crippen LogP contribution is 2.14. The monoisotopic (exact) mass is 156 g/mol. The highest BCUT2D eigenvalue weighted by Gasteiger charge is 2.08. The van der Waals surface area contributed by atoms with Gasteiger partial charge in [0.15, 0.2) is 0 Å². The van der Waals surface area contributed by atoms with Crippen LogP contribution in [0.25, 0.3) is 0 Å². The summed E-state index contributed by atoms with van der Waals surface area (Å²) in [4.78, 5) is 0. The van der Waals surface area contributed by atoms with Crippen molar-refractivity contribution in [3.63, 3.8) is 0 Å². The van der Waals surface area contributed by atoms with Crippen molar-refractivity contribution in [1.29, 1.82) is 0 Å². The smallest absolute Gasteiger partial charge is 0.124 e. The molecule has 3 N–H and O–H groups in total. The first kappa shape index (κ1) is 8.23. The SMILES string of the molecule is NCCCC(O)c1ccon1. The third-order valence-electron chi connectivity index (χ3n) is 1.48. The summed E-state index contributed by atoms with van der Waals surface area (Å²) in [5.41, 5.74) is 5.86. The van der Waals surface area contributed by atoms with Gasteiger partial charge in [0.1, 0.15) is 12.0 Å². The molecule has 4 heteroatoms. The maximum atomic E-state index is 9.36. The standard InChI is InChI=1S/C7H12N2O2/c8-4-1-2-7(10)6-3-5-11-9-6/h3,5,7,10H,1-2,4,8H2. The number of hydrogen-bond acceptors (Lipinski definition) is 4. The van der Waals surface area contributed by atoms with Crippen LogP contribution in [0.3, 0.4) is 0 Å². The number of hydrogen-bond donors (Lipinski definition) is 2. The normalized spacial score (nSPS) is 13.3. The van der Waals surface area contributed by atoms with Gasteiger partial charge in [-0.25, -0.2) is 0 Å². The highest BCUT2D eigenvalue weighted by atomic mass is 16.5. The molecule has 1 unspecified atom stereocenters. The molecule has 11 heavy (non-hydrogen) atoms. The Morgan fingerprint density at radius 1 is 1.73 bits per heavy atom. The number of nitrogens with zero attached hydrogens (tertiary/aromatic N) is 1. The highest BCUT2D eigenvalue weighted by molar-refractivity contribution is 4.99. The van der Waals surface area contributed by atoms with E-state index in [-0.39, 0.29) is 0 Å². The lowest BCUT2D eigenvalue weighted by Crippen LogP contribution is -2.03. The Hall–Kier alpha value is -0.870. The van der Waals surface area contributed by atoms with Crippen molar-refractivity contribution < 1.29 is 9.63 Å². The van der Waals surface area contributed by atoms with Crippen molar-refractivity contribution >= 4 is 0 Å². The summed E-state index contributed by atoms with van der Waals surface area (Å²) < 4.78 is 4.57. The maximum absolute atomic E-state index is 9.36. The number of aromatic nitrogens is 1. The molecule has 0 aliphatic rings. The molecule has 0 fully saturated rings. The number of nitrogens with two attached hydrogens (primary N) is 1. The van der Waals surface area contributed by atoms with Crippen molar-refractivity contribution in [3.05, 3.63) is 18.0 Å². The van der Waals surface area contributed by atoms with Gasteiger partial charge in [-0.2, -0.15) is 0 Å². The molecule has 1 atom stereocenters. The second kappa shape index (κ2) is 4.10. The van der Waals surface area contributed by atoms with Crippen LogP contribution >= 0.6 is 0 Å². The molecule has 0 saturated carbocycles. The fourth-order valence-corrected chi connectivity index (χ4v) is 0.853. The second-order valence-electron chi connectivity index (χ2n) is 2.37. The van der Waals surface area contributed by atoms with E-state index in [1.54, 1.807) is 6.07 Å². The molecule has 1 aromatic heterocycles. The van der Waals surface area contributed by atoms with E-state index in [9.17, 15) is 5.11 Å². The quantitative estimate of drug-likeness (QED) is 0.663. The molecule has 0 aromatic carbocycles. The Morgan fingerprint density at radius 2 is 2.55 bits per heavy atom. The summed E-state index contributed by atoms with van der Waals surface area (Å²) in [5.74, 6) is 0. The van der Waals surface area contributed by atoms with Gasteiger partial charge in [-0.15, -0.1) is 0 Å². The molecule has 1 heterocycles. The topological polar surface area (TPSA) is 72.3 Å². The molecule has 0 spiro atoms. The molecule has 0 aliphatic carbocycles. The average Bonchev–Trinajstić information content (AvgIpc) is 2.52. The van der Waals surface area contributed by atoms with Crippen LogP contribution in [-0.2, 0) is 0 Å². The summed E-state index contributed by atoms with van der Waals surface area (Å²) >= 11 is 0. The number of rotatable bonds is 4. The third-order valence-corrected chi connectivity index (χ3v) is 1.48. The number of aliphatic hydroxyl groups is 1. The average molecular weight is 156 g/mol. The summed E-state index contributed by atoms with van der Waals surface area (Å²) in [6.45, 7) is 0.592. The summed E-state index contributed by atoms with van der Waals surface area (Å²) in [6.07, 6.45) is 2.36. The predicted molar refractivity (Wildman–Crippen MR) is 39.8 cm³/mol. The first-order valence-corrected chi connectivity index (χ1v) is 3.63. The van der Waals surface area contributed by atoms with Gasteiger partial charge >= 0.3 is 0 Å². The van der Waals surface area contributed by atoms with E-state index in [1.165, 1.54) is 6.26 Å². The zero-order valence-electron chi connectivity index (χ0n) is 6.23. The molecule has 0 aliphatic heterocycles. The first-order valence-electron chi connectivity index (χ1n) is 3.63. The second-order valence-corrected chi connectivity index (χ2v) is 2.37. The molecule has 0 saturated heterocycles. The van der Waals surface area contributed by atoms with Gasteiger partial charge in [-0.3, -0.25) is 0 Å². The lowest BCUT2D eigenvalue weighted by molar-refractivity contribution is 0.155. The van der Waals surface area contributed by atoms with E-state index >= 15 is 0 Å². The van der Waals surface area contributed by atoms with Crippen molar-refractivity contribution in [3.8, 4) is 0 Å². The van der Waals surface area contributed by atoms with Crippen LogP contribution < -0.4 is 5.73 Å². The van der Waals surface area contributed by atoms with Crippen LogP contribution in [0.2, 0.25) is 0 Å². The van der Waals surface area contributed by atoms with Gasteiger partial charge in [-0.1, -0.05) is 5.16 Å². The number of aliphatic hydroxyl groups excluding tert-OH is 1. The van der Waals surface area contributed by atoms with Crippen molar-refractivity contribution in [2.75, 3.05) is 6.54 Å². The lowest BCUT2D eigenvalue weighted by Gasteiger charge is -2.03. The van der Waals surface area contributed by atoms with Crippen LogP contribution in [0.1, 0.15) is 24.6 Å². The van der Waals surface area contributed by atoms with Crippen LogP contribution in [0.4, 0.5) is 0 Å². The Labute approximate surface area is 65.0 Å². The molecule has 0 amide bonds. The minimum atomic E-state index is -0.530. The Bertz CT molecular complexity index is 186. The van der Waals surface area contributed by atoms with Crippen molar-refractivity contribution in [2.24, 2.45) is 5.73 Å². The molecular formula is C7H12N2O2. The van der Waals surface area contributed by atoms with E-state index < -0.39 is 6.10 Å². The van der Waals surface area contributed by atoms with Crippen molar-refractivity contribution in [2.45, 2.75) is 18.9 Å². The zero-order valence-corrected chi connectivity index (χ0v) is 6.23. The molecule has 62 valence electrons. The minimum Gasteiger partial charge on any atom is -0.387 e. The maximum Gasteiger partial charge on any atom is 0.124 e. The zero-order chi connectivity index (χ0) is 8.10. The summed E-state index contributed by atoms with van der Waals surface area (Å²) in [7, 11) is 0. The third kappa shape index (κ3) is 2.32. The van der Waals surface area contributed by atoms with E-state index in [1.807, 2.05) is 0 Å². The Balaban J connectivity index is 2.36. The van der Waals surface area contributed by atoms with E-state index in [4.69, 9.17) is 5.73 Å². The van der Waals surface area contributed by atoms with Gasteiger partial charge in [0.25, 0.3) is 0 Å². The van der Waals surface area contributed by atoms with E-state index in [0.29, 0.717) is 18.7 Å². The van der Waals surface area contributed by atoms with Gasteiger partial charge in [0.05, 0.1) is 6.10 Å². The summed E-state index contributed by atoms with van der Waals surface area (Å²) in [6, 6.07) is 1.65. The molecule has 1 rings (SSSR count). The van der Waals surface area contributed by atoms with Gasteiger partial charge in [-0.05, 0) is 19.4 Å². The predicted octanol–water partition coefficient (Wildman–Crippen LogP) is 0.447. The molecule has 4 nitrogen and oxygen atoms in total. The fraction of sp³-hybridized carbons (Fsp3) is 0.571. The van der Waals surface area contributed by atoms with Gasteiger partial charge < -0.3 is 15.4 Å². The van der Waals surface area contributed by atoms with Crippen molar-refractivity contribution in [1.82, 2.24) is 5.16 Å². The molecular weight excluding hydrogens is 144 g/mol. The van der Waals surface area contributed by atoms with Crippen LogP contribution in [0.15, 0.2) is 16.9 Å². The van der Waals surface area contributed by atoms with Gasteiger partial charge in [0.2, 0.25) is 0 Å². The molecule has 0 radical (unpaired) electrons. The largest absolute Gasteiger partial charge is 0.387 e. The lowest BCUT2D eigenvalue weighted by atomic mass is 10.1. The van der Waals surface area contributed by atoms with Gasteiger partial charge in [0, 0.05) is 6.07 Å². The first-order chi connectivity index (χ1) is 5.34. The van der Waals surface area contributed by atoms with Crippen LogP contribution in [0.5, 0.6) is 0 Å². The summed E-state index contributed by atoms with van der Waals surface area (Å²) in [5, 5.41) is 13.0. The molecule has 1 aromatic rings. The Kier molecular flexibility index (Phi) is 3.07. The molecule has 0 bridgehead atoms. The minimum absolute atomic E-state index is 0.530. The van der Waals surface area contributed by atoms with E-state index in [0.717, 1.165) is 6.42 Å². The van der Waals surface area contributed by atoms with Crippen LogP contribution in [-0.4, -0.2) is 16.8 Å². The van der Waals surface area contributed by atoms with E-state index in [2.05, 4.69) is 9.68 Å².